The summed E-state index contributed by atoms with van der Waals surface area (Å²) in [6.45, 7) is 0.849. The minimum Gasteiger partial charge on any atom is -0.381 e. The van der Waals surface area contributed by atoms with E-state index in [1.165, 1.54) is 17.9 Å². The Kier molecular flexibility index (Phi) is 5.96. The van der Waals surface area contributed by atoms with Crippen molar-refractivity contribution in [3.05, 3.63) is 0 Å². The van der Waals surface area contributed by atoms with Gasteiger partial charge in [0.25, 0.3) is 0 Å². The lowest BCUT2D eigenvalue weighted by atomic mass is 10.1. The molecule has 2 saturated heterocycles. The van der Waals surface area contributed by atoms with Crippen LogP contribution in [0.1, 0.15) is 19.3 Å². The smallest absolute Gasteiger partial charge is 0.107 e. The maximum Gasteiger partial charge on any atom is 0.107 e. The summed E-state index contributed by atoms with van der Waals surface area (Å²) in [5.41, 5.74) is 0. The zero-order chi connectivity index (χ0) is 12.1. The third kappa shape index (κ3) is 4.63. The average molecular weight is 278 g/mol. The van der Waals surface area contributed by atoms with E-state index in [0.717, 1.165) is 19.4 Å². The molecule has 0 unspecified atom stereocenters. The van der Waals surface area contributed by atoms with Crippen LogP contribution in [0.4, 0.5) is 0 Å². The zero-order valence-corrected chi connectivity index (χ0v) is 12.2. The SMILES string of the molecule is CO[C@H](CC1SCCCS1)C[C@H](OC)[C@@H]1CO1. The second kappa shape index (κ2) is 7.24. The van der Waals surface area contributed by atoms with Crippen molar-refractivity contribution >= 4 is 23.5 Å². The fraction of sp³-hybridized carbons (Fsp3) is 1.00. The highest BCUT2D eigenvalue weighted by Gasteiger charge is 2.35. The van der Waals surface area contributed by atoms with Crippen molar-refractivity contribution in [3.8, 4) is 0 Å². The van der Waals surface area contributed by atoms with E-state index < -0.39 is 0 Å². The predicted octanol–water partition coefficient (Wildman–Crippen LogP) is 2.39. The Morgan fingerprint density at radius 2 is 1.94 bits per heavy atom. The van der Waals surface area contributed by atoms with Gasteiger partial charge in [-0.3, -0.25) is 0 Å². The molecule has 0 bridgehead atoms. The first-order valence-corrected chi connectivity index (χ1v) is 8.33. The van der Waals surface area contributed by atoms with Gasteiger partial charge in [-0.2, -0.15) is 0 Å². The summed E-state index contributed by atoms with van der Waals surface area (Å²) >= 11 is 4.15. The van der Waals surface area contributed by atoms with Crippen LogP contribution in [0.3, 0.4) is 0 Å². The predicted molar refractivity (Wildman–Crippen MR) is 73.9 cm³/mol. The van der Waals surface area contributed by atoms with E-state index in [1.807, 2.05) is 7.11 Å². The molecule has 17 heavy (non-hydrogen) atoms. The van der Waals surface area contributed by atoms with Crippen LogP contribution in [0.5, 0.6) is 0 Å². The van der Waals surface area contributed by atoms with E-state index >= 15 is 0 Å². The summed E-state index contributed by atoms with van der Waals surface area (Å²) in [5.74, 6) is 2.60. The quantitative estimate of drug-likeness (QED) is 0.667. The summed E-state index contributed by atoms with van der Waals surface area (Å²) in [7, 11) is 3.58. The number of rotatable bonds is 7. The van der Waals surface area contributed by atoms with Gasteiger partial charge in [0.2, 0.25) is 0 Å². The molecule has 0 aromatic rings. The first kappa shape index (κ1) is 14.0. The Morgan fingerprint density at radius 1 is 1.24 bits per heavy atom. The van der Waals surface area contributed by atoms with Crippen molar-refractivity contribution < 1.29 is 14.2 Å². The van der Waals surface area contributed by atoms with E-state index in [1.54, 1.807) is 7.11 Å². The van der Waals surface area contributed by atoms with Crippen LogP contribution in [0.2, 0.25) is 0 Å². The molecular formula is C12H22O3S2. The number of methoxy groups -OCH3 is 2. The summed E-state index contributed by atoms with van der Waals surface area (Å²) < 4.78 is 17.1. The highest BCUT2D eigenvalue weighted by Crippen LogP contribution is 2.35. The van der Waals surface area contributed by atoms with Crippen molar-refractivity contribution in [2.45, 2.75) is 42.2 Å². The van der Waals surface area contributed by atoms with Crippen LogP contribution in [0.15, 0.2) is 0 Å². The molecule has 0 amide bonds. The molecule has 5 heteroatoms. The molecule has 3 nitrogen and oxygen atoms in total. The van der Waals surface area contributed by atoms with Gasteiger partial charge >= 0.3 is 0 Å². The monoisotopic (exact) mass is 278 g/mol. The van der Waals surface area contributed by atoms with Crippen LogP contribution >= 0.6 is 23.5 Å². The third-order valence-electron chi connectivity index (χ3n) is 3.26. The molecule has 2 aliphatic rings. The van der Waals surface area contributed by atoms with Gasteiger partial charge in [0.15, 0.2) is 0 Å². The standard InChI is InChI=1S/C12H22O3S2/c1-13-9(6-10(14-2)11-8-15-11)7-12-16-4-3-5-17-12/h9-12H,3-8H2,1-2H3/t9-,10-,11-/m0/s1. The maximum atomic E-state index is 5.60. The summed E-state index contributed by atoms with van der Waals surface area (Å²) in [6, 6.07) is 0. The highest BCUT2D eigenvalue weighted by atomic mass is 32.2. The molecule has 3 atom stereocenters. The maximum absolute atomic E-state index is 5.60. The molecule has 0 aliphatic carbocycles. The van der Waals surface area contributed by atoms with Gasteiger partial charge in [-0.15, -0.1) is 23.5 Å². The zero-order valence-electron chi connectivity index (χ0n) is 10.6. The molecular weight excluding hydrogens is 256 g/mol. The van der Waals surface area contributed by atoms with Crippen molar-refractivity contribution in [1.29, 1.82) is 0 Å². The van der Waals surface area contributed by atoms with Gasteiger partial charge in [-0.1, -0.05) is 0 Å². The molecule has 0 radical (unpaired) electrons. The molecule has 0 aromatic carbocycles. The van der Waals surface area contributed by atoms with Crippen LogP contribution in [-0.4, -0.2) is 55.2 Å². The van der Waals surface area contributed by atoms with E-state index in [4.69, 9.17) is 14.2 Å². The fourth-order valence-electron chi connectivity index (χ4n) is 2.11. The molecule has 2 rings (SSSR count). The van der Waals surface area contributed by atoms with Gasteiger partial charge in [-0.25, -0.2) is 0 Å². The van der Waals surface area contributed by atoms with E-state index in [2.05, 4.69) is 23.5 Å². The number of hydrogen-bond donors (Lipinski definition) is 0. The molecule has 0 N–H and O–H groups in total. The van der Waals surface area contributed by atoms with Gasteiger partial charge < -0.3 is 14.2 Å². The minimum atomic E-state index is 0.207. The largest absolute Gasteiger partial charge is 0.381 e. The van der Waals surface area contributed by atoms with Crippen molar-refractivity contribution in [1.82, 2.24) is 0 Å². The Labute approximate surface area is 112 Å². The topological polar surface area (TPSA) is 31.0 Å². The highest BCUT2D eigenvalue weighted by molar-refractivity contribution is 8.17. The Morgan fingerprint density at radius 3 is 2.47 bits per heavy atom. The van der Waals surface area contributed by atoms with Gasteiger partial charge in [0.05, 0.1) is 23.4 Å². The van der Waals surface area contributed by atoms with Crippen molar-refractivity contribution in [2.24, 2.45) is 0 Å². The normalized spacial score (nSPS) is 28.9. The molecule has 0 aromatic heterocycles. The lowest BCUT2D eigenvalue weighted by Gasteiger charge is -2.26. The molecule has 100 valence electrons. The van der Waals surface area contributed by atoms with Gasteiger partial charge in [-0.05, 0) is 24.3 Å². The number of epoxide rings is 1. The molecule has 2 heterocycles. The van der Waals surface area contributed by atoms with Gasteiger partial charge in [0, 0.05) is 20.6 Å². The molecule has 2 fully saturated rings. The third-order valence-corrected chi connectivity index (χ3v) is 6.25. The lowest BCUT2D eigenvalue weighted by Crippen LogP contribution is -2.28. The molecule has 0 saturated carbocycles. The second-order valence-electron chi connectivity index (χ2n) is 4.50. The van der Waals surface area contributed by atoms with E-state index in [9.17, 15) is 0 Å². The van der Waals surface area contributed by atoms with Crippen LogP contribution < -0.4 is 0 Å². The minimum absolute atomic E-state index is 0.207. The average Bonchev–Trinajstić information content (AvgIpc) is 3.20. The summed E-state index contributed by atoms with van der Waals surface area (Å²) in [4.78, 5) is 0. The first-order valence-electron chi connectivity index (χ1n) is 6.24. The Bertz CT molecular complexity index is 218. The Hall–Kier alpha value is 0.580. The van der Waals surface area contributed by atoms with Crippen molar-refractivity contribution in [2.75, 3.05) is 32.3 Å². The second-order valence-corrected chi connectivity index (χ2v) is 7.42. The van der Waals surface area contributed by atoms with E-state index in [0.29, 0.717) is 16.8 Å². The molecule has 2 aliphatic heterocycles. The van der Waals surface area contributed by atoms with Gasteiger partial charge in [0.1, 0.15) is 6.10 Å². The lowest BCUT2D eigenvalue weighted by molar-refractivity contribution is 0.00831. The Balaban J connectivity index is 1.74. The van der Waals surface area contributed by atoms with Crippen molar-refractivity contribution in [3.63, 3.8) is 0 Å². The first-order chi connectivity index (χ1) is 8.33. The van der Waals surface area contributed by atoms with Crippen LogP contribution in [-0.2, 0) is 14.2 Å². The molecule has 0 spiro atoms. The number of ether oxygens (including phenoxy) is 3. The van der Waals surface area contributed by atoms with Crippen LogP contribution in [0, 0.1) is 0 Å². The fourth-order valence-corrected chi connectivity index (χ4v) is 5.10. The number of hydrogen-bond acceptors (Lipinski definition) is 5. The number of thioether (sulfide) groups is 2. The van der Waals surface area contributed by atoms with E-state index in [-0.39, 0.29) is 6.10 Å². The van der Waals surface area contributed by atoms with Crippen LogP contribution in [0.25, 0.3) is 0 Å². The summed E-state index contributed by atoms with van der Waals surface area (Å²) in [5, 5.41) is 0. The summed E-state index contributed by atoms with van der Waals surface area (Å²) in [6.07, 6.45) is 4.24.